The van der Waals surface area contributed by atoms with Crippen molar-refractivity contribution in [2.45, 2.75) is 12.2 Å². The van der Waals surface area contributed by atoms with Gasteiger partial charge in [-0.3, -0.25) is 4.79 Å². The van der Waals surface area contributed by atoms with Gasteiger partial charge in [-0.2, -0.15) is 5.10 Å². The molecule has 33 heavy (non-hydrogen) atoms. The van der Waals surface area contributed by atoms with Gasteiger partial charge in [0.2, 0.25) is 11.9 Å². The molecule has 3 aromatic carbocycles. The van der Waals surface area contributed by atoms with Gasteiger partial charge in [0.05, 0.1) is 27.5 Å². The Hall–Kier alpha value is -4.20. The van der Waals surface area contributed by atoms with Crippen molar-refractivity contribution < 1.29 is 28.5 Å². The highest BCUT2D eigenvalue weighted by Crippen LogP contribution is 2.39. The summed E-state index contributed by atoms with van der Waals surface area (Å²) in [6.07, 6.45) is -0.0748. The van der Waals surface area contributed by atoms with Gasteiger partial charge in [0, 0.05) is 5.56 Å². The Balaban J connectivity index is 1.55. The summed E-state index contributed by atoms with van der Waals surface area (Å²) in [5.74, 6) is 2.07. The van der Waals surface area contributed by atoms with Crippen LogP contribution in [0.25, 0.3) is 0 Å². The number of hydrogen-bond acceptors (Lipinski definition) is 7. The van der Waals surface area contributed by atoms with Gasteiger partial charge >= 0.3 is 0 Å². The number of para-hydroxylation sites is 2. The van der Waals surface area contributed by atoms with Crippen LogP contribution in [0.1, 0.15) is 17.2 Å². The van der Waals surface area contributed by atoms with E-state index in [2.05, 4.69) is 10.5 Å². The number of carbonyl (C=O) groups is 1. The van der Waals surface area contributed by atoms with Gasteiger partial charge < -0.3 is 23.7 Å². The van der Waals surface area contributed by atoms with E-state index < -0.39 is 18.1 Å². The van der Waals surface area contributed by atoms with Gasteiger partial charge in [-0.15, -0.1) is 0 Å². The zero-order valence-electron chi connectivity index (χ0n) is 18.5. The molecule has 1 heterocycles. The third-order valence-corrected chi connectivity index (χ3v) is 5.09. The molecule has 3 aromatic rings. The Morgan fingerprint density at radius 1 is 0.879 bits per heavy atom. The average molecular weight is 448 g/mol. The van der Waals surface area contributed by atoms with Crippen LogP contribution in [0.4, 0.5) is 0 Å². The summed E-state index contributed by atoms with van der Waals surface area (Å²) in [7, 11) is 4.59. The number of methoxy groups -OCH3 is 3. The molecule has 8 nitrogen and oxygen atoms in total. The zero-order valence-corrected chi connectivity index (χ0v) is 18.5. The second kappa shape index (κ2) is 9.95. The normalized spacial score (nSPS) is 16.8. The first kappa shape index (κ1) is 22.0. The van der Waals surface area contributed by atoms with Crippen LogP contribution in [0.5, 0.6) is 28.7 Å². The zero-order chi connectivity index (χ0) is 23.2. The second-order valence-corrected chi connectivity index (χ2v) is 7.13. The highest BCUT2D eigenvalue weighted by Gasteiger charge is 2.38. The van der Waals surface area contributed by atoms with Crippen LogP contribution in [0.2, 0.25) is 0 Å². The average Bonchev–Trinajstić information content (AvgIpc) is 2.87. The summed E-state index contributed by atoms with van der Waals surface area (Å²) in [4.78, 5) is 13.0. The van der Waals surface area contributed by atoms with Gasteiger partial charge in [-0.1, -0.05) is 42.5 Å². The standard InChI is InChI=1S/C25H24N2O6/c1-29-20-13-16(14-21(30-2)23(20)31-3)15-26-27-25(28)24-22(17-9-5-4-6-10-17)32-18-11-7-8-12-19(18)33-24/h4-15,22,24H,1-3H3,(H,27,28). The first-order chi connectivity index (χ1) is 16.1. The van der Waals surface area contributed by atoms with Crippen LogP contribution < -0.4 is 29.1 Å². The third kappa shape index (κ3) is 4.69. The van der Waals surface area contributed by atoms with Crippen LogP contribution >= 0.6 is 0 Å². The van der Waals surface area contributed by atoms with Crippen LogP contribution in [0.3, 0.4) is 0 Å². The summed E-state index contributed by atoms with van der Waals surface area (Å²) < 4.78 is 28.1. The molecule has 0 bridgehead atoms. The fourth-order valence-electron chi connectivity index (χ4n) is 3.53. The van der Waals surface area contributed by atoms with E-state index in [4.69, 9.17) is 23.7 Å². The smallest absolute Gasteiger partial charge is 0.285 e. The first-order valence-corrected chi connectivity index (χ1v) is 10.2. The van der Waals surface area contributed by atoms with E-state index in [1.54, 1.807) is 18.2 Å². The molecule has 8 heteroatoms. The maximum atomic E-state index is 13.0. The molecule has 2 atom stereocenters. The van der Waals surface area contributed by atoms with Crippen molar-refractivity contribution in [3.63, 3.8) is 0 Å². The highest BCUT2D eigenvalue weighted by atomic mass is 16.6. The van der Waals surface area contributed by atoms with Crippen LogP contribution in [-0.2, 0) is 4.79 Å². The van der Waals surface area contributed by atoms with Gasteiger partial charge in [-0.05, 0) is 29.8 Å². The number of amides is 1. The van der Waals surface area contributed by atoms with Crippen molar-refractivity contribution in [2.24, 2.45) is 5.10 Å². The predicted octanol–water partition coefficient (Wildman–Crippen LogP) is 3.74. The molecule has 0 saturated carbocycles. The molecular weight excluding hydrogens is 424 g/mol. The monoisotopic (exact) mass is 448 g/mol. The minimum absolute atomic E-state index is 0.443. The molecule has 0 saturated heterocycles. The molecule has 0 aliphatic carbocycles. The minimum Gasteiger partial charge on any atom is -0.493 e. The first-order valence-electron chi connectivity index (χ1n) is 10.2. The van der Waals surface area contributed by atoms with Crippen LogP contribution in [0.15, 0.2) is 71.8 Å². The number of carbonyl (C=O) groups excluding carboxylic acids is 1. The van der Waals surface area contributed by atoms with Gasteiger partial charge in [0.1, 0.15) is 0 Å². The molecule has 0 aromatic heterocycles. The lowest BCUT2D eigenvalue weighted by molar-refractivity contribution is -0.134. The molecule has 0 fully saturated rings. The van der Waals surface area contributed by atoms with E-state index in [-0.39, 0.29) is 0 Å². The van der Waals surface area contributed by atoms with Crippen LogP contribution in [-0.4, -0.2) is 39.6 Å². The minimum atomic E-state index is -0.931. The fourth-order valence-corrected chi connectivity index (χ4v) is 3.53. The second-order valence-electron chi connectivity index (χ2n) is 7.13. The molecule has 2 unspecified atom stereocenters. The Kier molecular flexibility index (Phi) is 6.64. The fraction of sp³-hybridized carbons (Fsp3) is 0.200. The molecule has 0 spiro atoms. The third-order valence-electron chi connectivity index (χ3n) is 5.09. The largest absolute Gasteiger partial charge is 0.493 e. The van der Waals surface area contributed by atoms with E-state index in [0.717, 1.165) is 5.56 Å². The van der Waals surface area contributed by atoms with E-state index >= 15 is 0 Å². The Labute approximate surface area is 191 Å². The quantitative estimate of drug-likeness (QED) is 0.438. The van der Waals surface area contributed by atoms with Crippen molar-refractivity contribution in [1.29, 1.82) is 0 Å². The van der Waals surface area contributed by atoms with E-state index in [9.17, 15) is 4.79 Å². The van der Waals surface area contributed by atoms with Crippen molar-refractivity contribution in [3.05, 3.63) is 77.9 Å². The number of hydrazone groups is 1. The Bertz CT molecular complexity index is 1120. The van der Waals surface area contributed by atoms with Gasteiger partial charge in [0.25, 0.3) is 5.91 Å². The molecular formula is C25H24N2O6. The maximum absolute atomic E-state index is 13.0. The van der Waals surface area contributed by atoms with E-state index in [1.807, 2.05) is 48.5 Å². The molecule has 4 rings (SSSR count). The molecule has 1 amide bonds. The number of nitrogens with one attached hydrogen (secondary N) is 1. The lowest BCUT2D eigenvalue weighted by Gasteiger charge is -2.32. The van der Waals surface area contributed by atoms with Crippen LogP contribution in [0, 0.1) is 0 Å². The predicted molar refractivity (Wildman–Crippen MR) is 123 cm³/mol. The maximum Gasteiger partial charge on any atom is 0.285 e. The SMILES string of the molecule is COc1cc(C=NNC(=O)C2Oc3ccccc3OC2c2ccccc2)cc(OC)c1OC. The number of benzene rings is 3. The summed E-state index contributed by atoms with van der Waals surface area (Å²) in [6, 6.07) is 20.1. The Morgan fingerprint density at radius 2 is 1.48 bits per heavy atom. The summed E-state index contributed by atoms with van der Waals surface area (Å²) in [5.41, 5.74) is 4.02. The molecule has 170 valence electrons. The number of hydrogen-bond donors (Lipinski definition) is 1. The summed E-state index contributed by atoms with van der Waals surface area (Å²) in [6.45, 7) is 0. The number of fused-ring (bicyclic) bond motifs is 1. The highest BCUT2D eigenvalue weighted by molar-refractivity contribution is 5.86. The lowest BCUT2D eigenvalue weighted by atomic mass is 10.0. The molecule has 1 aliphatic rings. The molecule has 1 N–H and O–H groups in total. The van der Waals surface area contributed by atoms with Crippen molar-refractivity contribution in [1.82, 2.24) is 5.43 Å². The van der Waals surface area contributed by atoms with E-state index in [1.165, 1.54) is 27.5 Å². The van der Waals surface area contributed by atoms with E-state index in [0.29, 0.717) is 34.3 Å². The van der Waals surface area contributed by atoms with Crippen molar-refractivity contribution in [2.75, 3.05) is 21.3 Å². The molecule has 0 radical (unpaired) electrons. The van der Waals surface area contributed by atoms with Gasteiger partial charge in [0.15, 0.2) is 29.1 Å². The van der Waals surface area contributed by atoms with Gasteiger partial charge in [-0.25, -0.2) is 5.43 Å². The lowest BCUT2D eigenvalue weighted by Crippen LogP contribution is -2.44. The molecule has 1 aliphatic heterocycles. The summed E-state index contributed by atoms with van der Waals surface area (Å²) in [5, 5.41) is 4.10. The van der Waals surface area contributed by atoms with Crippen molar-refractivity contribution in [3.8, 4) is 28.7 Å². The number of ether oxygens (including phenoxy) is 5. The number of rotatable bonds is 7. The summed E-state index contributed by atoms with van der Waals surface area (Å²) >= 11 is 0. The Morgan fingerprint density at radius 3 is 2.09 bits per heavy atom. The number of nitrogens with zero attached hydrogens (tertiary/aromatic N) is 1. The topological polar surface area (TPSA) is 87.6 Å². The van der Waals surface area contributed by atoms with Crippen molar-refractivity contribution >= 4 is 12.1 Å².